The van der Waals surface area contributed by atoms with Crippen molar-refractivity contribution in [3.8, 4) is 0 Å². The van der Waals surface area contributed by atoms with Crippen molar-refractivity contribution < 1.29 is 14.3 Å². The van der Waals surface area contributed by atoms with Gasteiger partial charge in [0.1, 0.15) is 0 Å². The number of methoxy groups -OCH3 is 1. The lowest BCUT2D eigenvalue weighted by Gasteiger charge is -2.06. The Labute approximate surface area is 132 Å². The first-order valence-electron chi connectivity index (χ1n) is 7.83. The summed E-state index contributed by atoms with van der Waals surface area (Å²) < 4.78 is 4.91. The summed E-state index contributed by atoms with van der Waals surface area (Å²) in [4.78, 5) is 23.3. The van der Waals surface area contributed by atoms with Gasteiger partial charge in [0.25, 0.3) is 5.91 Å². The molecule has 1 rings (SSSR count). The molecule has 0 spiro atoms. The van der Waals surface area contributed by atoms with Crippen molar-refractivity contribution in [2.75, 3.05) is 26.8 Å². The minimum atomic E-state index is -0.0449. The fraction of sp³-hybridized carbons (Fsp3) is 0.529. The van der Waals surface area contributed by atoms with Gasteiger partial charge in [0, 0.05) is 38.8 Å². The highest BCUT2D eigenvalue weighted by atomic mass is 16.5. The number of nitrogens with one attached hydrogen (secondary N) is 2. The Bertz CT molecular complexity index is 435. The molecule has 0 fully saturated rings. The van der Waals surface area contributed by atoms with E-state index in [0.29, 0.717) is 31.7 Å². The monoisotopic (exact) mass is 306 g/mol. The fourth-order valence-corrected chi connectivity index (χ4v) is 2.01. The van der Waals surface area contributed by atoms with Crippen LogP contribution in [0.5, 0.6) is 0 Å². The lowest BCUT2D eigenvalue weighted by molar-refractivity contribution is -0.121. The Morgan fingerprint density at radius 1 is 0.955 bits per heavy atom. The highest BCUT2D eigenvalue weighted by Gasteiger charge is 2.03. The Morgan fingerprint density at radius 3 is 2.41 bits per heavy atom. The second kappa shape index (κ2) is 11.7. The standard InChI is InChI=1S/C17H26N2O3/c1-22-14-8-13-18-16(20)11-6-3-7-12-19-17(21)15-9-4-2-5-10-15/h2,4-5,9-10H,3,6-8,11-14H2,1H3,(H,18,20)(H,19,21). The van der Waals surface area contributed by atoms with Crippen molar-refractivity contribution in [3.63, 3.8) is 0 Å². The van der Waals surface area contributed by atoms with Crippen molar-refractivity contribution in [2.24, 2.45) is 0 Å². The smallest absolute Gasteiger partial charge is 0.251 e. The van der Waals surface area contributed by atoms with Crippen LogP contribution in [0, 0.1) is 0 Å². The van der Waals surface area contributed by atoms with Gasteiger partial charge in [-0.25, -0.2) is 0 Å². The van der Waals surface area contributed by atoms with E-state index < -0.39 is 0 Å². The minimum Gasteiger partial charge on any atom is -0.385 e. The zero-order chi connectivity index (χ0) is 16.0. The Balaban J connectivity index is 1.97. The Hall–Kier alpha value is -1.88. The molecule has 0 atom stereocenters. The predicted molar refractivity (Wildman–Crippen MR) is 86.7 cm³/mol. The number of rotatable bonds is 11. The number of hydrogen-bond acceptors (Lipinski definition) is 3. The molecule has 1 aromatic carbocycles. The van der Waals surface area contributed by atoms with Crippen molar-refractivity contribution in [1.82, 2.24) is 10.6 Å². The first-order chi connectivity index (χ1) is 10.7. The third-order valence-corrected chi connectivity index (χ3v) is 3.25. The van der Waals surface area contributed by atoms with Crippen LogP contribution in [0.4, 0.5) is 0 Å². The molecule has 2 amide bonds. The van der Waals surface area contributed by atoms with E-state index in [4.69, 9.17) is 4.74 Å². The normalized spacial score (nSPS) is 10.2. The second-order valence-electron chi connectivity index (χ2n) is 5.13. The molecule has 0 bridgehead atoms. The second-order valence-corrected chi connectivity index (χ2v) is 5.13. The van der Waals surface area contributed by atoms with Gasteiger partial charge in [-0.15, -0.1) is 0 Å². The van der Waals surface area contributed by atoms with Gasteiger partial charge in [-0.2, -0.15) is 0 Å². The van der Waals surface area contributed by atoms with Gasteiger partial charge in [-0.05, 0) is 31.4 Å². The average molecular weight is 306 g/mol. The topological polar surface area (TPSA) is 67.4 Å². The third-order valence-electron chi connectivity index (χ3n) is 3.25. The summed E-state index contributed by atoms with van der Waals surface area (Å²) in [6, 6.07) is 9.17. The van der Waals surface area contributed by atoms with Gasteiger partial charge in [0.15, 0.2) is 0 Å². The first-order valence-corrected chi connectivity index (χ1v) is 7.83. The lowest BCUT2D eigenvalue weighted by atomic mass is 10.1. The van der Waals surface area contributed by atoms with E-state index in [-0.39, 0.29) is 11.8 Å². The van der Waals surface area contributed by atoms with Crippen LogP contribution in [0.2, 0.25) is 0 Å². The highest BCUT2D eigenvalue weighted by Crippen LogP contribution is 2.01. The minimum absolute atomic E-state index is 0.0449. The highest BCUT2D eigenvalue weighted by molar-refractivity contribution is 5.94. The lowest BCUT2D eigenvalue weighted by Crippen LogP contribution is -2.25. The molecule has 0 aliphatic heterocycles. The molecule has 0 heterocycles. The van der Waals surface area contributed by atoms with Crippen LogP contribution in [0.25, 0.3) is 0 Å². The van der Waals surface area contributed by atoms with E-state index in [1.165, 1.54) is 0 Å². The summed E-state index contributed by atoms with van der Waals surface area (Å²) in [5.74, 6) is 0.0425. The van der Waals surface area contributed by atoms with Crippen LogP contribution in [-0.4, -0.2) is 38.6 Å². The van der Waals surface area contributed by atoms with Gasteiger partial charge in [-0.3, -0.25) is 9.59 Å². The van der Waals surface area contributed by atoms with E-state index in [2.05, 4.69) is 10.6 Å². The molecular weight excluding hydrogens is 280 g/mol. The van der Waals surface area contributed by atoms with Crippen LogP contribution in [-0.2, 0) is 9.53 Å². The van der Waals surface area contributed by atoms with Crippen LogP contribution >= 0.6 is 0 Å². The molecule has 0 aliphatic carbocycles. The number of carbonyl (C=O) groups is 2. The number of carbonyl (C=O) groups excluding carboxylic acids is 2. The van der Waals surface area contributed by atoms with E-state index in [1.807, 2.05) is 18.2 Å². The first kappa shape index (κ1) is 18.2. The van der Waals surface area contributed by atoms with Crippen molar-refractivity contribution in [2.45, 2.75) is 32.1 Å². The molecule has 5 nitrogen and oxygen atoms in total. The fourth-order valence-electron chi connectivity index (χ4n) is 2.01. The van der Waals surface area contributed by atoms with Crippen LogP contribution in [0.3, 0.4) is 0 Å². The molecular formula is C17H26N2O3. The molecule has 0 unspecified atom stereocenters. The van der Waals surface area contributed by atoms with Gasteiger partial charge >= 0.3 is 0 Å². The molecule has 1 aromatic rings. The molecule has 0 aromatic heterocycles. The maximum Gasteiger partial charge on any atom is 0.251 e. The Morgan fingerprint density at radius 2 is 1.68 bits per heavy atom. The zero-order valence-corrected chi connectivity index (χ0v) is 13.3. The summed E-state index contributed by atoms with van der Waals surface area (Å²) in [6.45, 7) is 1.98. The molecule has 0 saturated carbocycles. The summed E-state index contributed by atoms with van der Waals surface area (Å²) in [6.07, 6.45) is 4.04. The predicted octanol–water partition coefficient (Wildman–Crippen LogP) is 2.13. The average Bonchev–Trinajstić information content (AvgIpc) is 2.55. The largest absolute Gasteiger partial charge is 0.385 e. The molecule has 0 saturated heterocycles. The SMILES string of the molecule is COCCCNC(=O)CCCCCNC(=O)c1ccccc1. The van der Waals surface area contributed by atoms with E-state index in [0.717, 1.165) is 25.7 Å². The van der Waals surface area contributed by atoms with Gasteiger partial charge in [-0.1, -0.05) is 24.6 Å². The zero-order valence-electron chi connectivity index (χ0n) is 13.3. The van der Waals surface area contributed by atoms with Gasteiger partial charge in [0.05, 0.1) is 0 Å². The van der Waals surface area contributed by atoms with Crippen LogP contribution < -0.4 is 10.6 Å². The molecule has 0 aliphatic rings. The molecule has 0 radical (unpaired) electrons. The summed E-state index contributed by atoms with van der Waals surface area (Å²) >= 11 is 0. The van der Waals surface area contributed by atoms with Crippen molar-refractivity contribution in [1.29, 1.82) is 0 Å². The van der Waals surface area contributed by atoms with Gasteiger partial charge in [0.2, 0.25) is 5.91 Å². The number of benzene rings is 1. The molecule has 122 valence electrons. The van der Waals surface area contributed by atoms with Crippen molar-refractivity contribution in [3.05, 3.63) is 35.9 Å². The van der Waals surface area contributed by atoms with E-state index in [1.54, 1.807) is 19.2 Å². The quantitative estimate of drug-likeness (QED) is 0.615. The molecule has 22 heavy (non-hydrogen) atoms. The van der Waals surface area contributed by atoms with Crippen molar-refractivity contribution >= 4 is 11.8 Å². The third kappa shape index (κ3) is 8.42. The van der Waals surface area contributed by atoms with Crippen LogP contribution in [0.1, 0.15) is 42.5 Å². The molecule has 2 N–H and O–H groups in total. The summed E-state index contributed by atoms with van der Waals surface area (Å²) in [7, 11) is 1.65. The number of ether oxygens (including phenoxy) is 1. The number of unbranched alkanes of at least 4 members (excludes halogenated alkanes) is 2. The summed E-state index contributed by atoms with van der Waals surface area (Å²) in [5.41, 5.74) is 0.679. The van der Waals surface area contributed by atoms with Crippen LogP contribution in [0.15, 0.2) is 30.3 Å². The van der Waals surface area contributed by atoms with E-state index >= 15 is 0 Å². The summed E-state index contributed by atoms with van der Waals surface area (Å²) in [5, 5.41) is 5.74. The van der Waals surface area contributed by atoms with E-state index in [9.17, 15) is 9.59 Å². The number of amides is 2. The Kier molecular flexibility index (Phi) is 9.70. The maximum absolute atomic E-state index is 11.8. The molecule has 5 heteroatoms. The van der Waals surface area contributed by atoms with Gasteiger partial charge < -0.3 is 15.4 Å². The maximum atomic E-state index is 11.8. The number of hydrogen-bond donors (Lipinski definition) is 2.